The van der Waals surface area contributed by atoms with Gasteiger partial charge in [0, 0.05) is 12.6 Å². The van der Waals surface area contributed by atoms with Crippen molar-refractivity contribution >= 4 is 33.6 Å². The average Bonchev–Trinajstić information content (AvgIpc) is 2.95. The smallest absolute Gasteiger partial charge is 0.418 e. The first-order valence-corrected chi connectivity index (χ1v) is 11.5. The minimum absolute atomic E-state index is 0.00189. The third-order valence-electron chi connectivity index (χ3n) is 3.43. The molecule has 0 spiro atoms. The normalized spacial score (nSPS) is 24.6. The van der Waals surface area contributed by atoms with Crippen LogP contribution in [0.25, 0.3) is 0 Å². The molecule has 1 saturated heterocycles. The van der Waals surface area contributed by atoms with Gasteiger partial charge in [0.15, 0.2) is 6.29 Å². The van der Waals surface area contributed by atoms with Gasteiger partial charge < -0.3 is 9.26 Å². The number of allylic oxidation sites excluding steroid dienone is 1. The Kier molecular flexibility index (Phi) is 6.37. The van der Waals surface area contributed by atoms with Gasteiger partial charge in [0.2, 0.25) is 5.85 Å². The molecule has 0 radical (unpaired) electrons. The van der Waals surface area contributed by atoms with E-state index in [2.05, 4.69) is 13.2 Å². The number of aromatic amines is 1. The van der Waals surface area contributed by atoms with Crippen LogP contribution in [0.3, 0.4) is 0 Å². The number of alkyl halides is 1. The molecule has 1 aliphatic heterocycles. The molecule has 0 saturated carbocycles. The fourth-order valence-corrected chi connectivity index (χ4v) is 4.11. The Balaban J connectivity index is 2.10. The zero-order valence-electron chi connectivity index (χ0n) is 13.4. The van der Waals surface area contributed by atoms with Crippen molar-refractivity contribution in [1.82, 2.24) is 9.55 Å². The van der Waals surface area contributed by atoms with E-state index < -0.39 is 35.2 Å². The van der Waals surface area contributed by atoms with E-state index >= 15 is 0 Å². The summed E-state index contributed by atoms with van der Waals surface area (Å²) in [6, 6.07) is 0. The predicted octanol–water partition coefficient (Wildman–Crippen LogP) is 2.60. The van der Waals surface area contributed by atoms with E-state index in [4.69, 9.17) is 13.8 Å². The zero-order chi connectivity index (χ0) is 19.5. The Morgan fingerprint density at radius 2 is 2.31 bits per heavy atom. The summed E-state index contributed by atoms with van der Waals surface area (Å²) >= 11 is 1.39. The Morgan fingerprint density at radius 3 is 2.92 bits per heavy atom. The van der Waals surface area contributed by atoms with Gasteiger partial charge in [-0.15, -0.1) is 0 Å². The van der Waals surface area contributed by atoms with Crippen LogP contribution < -0.4 is 11.2 Å². The van der Waals surface area contributed by atoms with Gasteiger partial charge in [0.05, 0.1) is 27.6 Å². The van der Waals surface area contributed by atoms with Gasteiger partial charge in [-0.2, -0.15) is 0 Å². The van der Waals surface area contributed by atoms with E-state index in [9.17, 15) is 23.3 Å². The molecule has 12 heteroatoms. The van der Waals surface area contributed by atoms with Crippen molar-refractivity contribution in [1.29, 1.82) is 0 Å². The Morgan fingerprint density at radius 1 is 1.62 bits per heavy atom. The van der Waals surface area contributed by atoms with Gasteiger partial charge >= 0.3 is 10.9 Å². The fourth-order valence-electron chi connectivity index (χ4n) is 2.18. The summed E-state index contributed by atoms with van der Waals surface area (Å²) < 4.78 is 42.8. The lowest BCUT2D eigenvalue weighted by molar-refractivity contribution is -0.173. The van der Waals surface area contributed by atoms with Crippen LogP contribution in [-0.4, -0.2) is 28.3 Å². The molecule has 0 aromatic carbocycles. The third kappa shape index (κ3) is 5.00. The third-order valence-corrected chi connectivity index (χ3v) is 5.75. The lowest BCUT2D eigenvalue weighted by atomic mass is 10.2. The second kappa shape index (κ2) is 7.99. The Bertz CT molecular complexity index is 898. The number of hydrogen-bond acceptors (Lipinski definition) is 7. The summed E-state index contributed by atoms with van der Waals surface area (Å²) in [5, 5.41) is -3.66. The molecule has 1 aromatic rings. The molecular formula is C14H15FIN2O7P. The summed E-state index contributed by atoms with van der Waals surface area (Å²) in [6.45, 7) is 6.09. The van der Waals surface area contributed by atoms with Crippen LogP contribution in [0.5, 0.6) is 0 Å². The SMILES string of the molecule is C=CC(=C)OP(=O)(I)OC[C@]1(F)CC[C@H](n2cc(C=O)c(=O)[nH]c2=O)O1. The molecule has 1 aliphatic rings. The predicted molar refractivity (Wildman–Crippen MR) is 97.9 cm³/mol. The number of rotatable bonds is 8. The molecule has 9 nitrogen and oxygen atoms in total. The molecular weight excluding hydrogens is 485 g/mol. The van der Waals surface area contributed by atoms with E-state index in [1.807, 2.05) is 4.98 Å². The molecule has 0 amide bonds. The number of hydrogen-bond donors (Lipinski definition) is 1. The van der Waals surface area contributed by atoms with E-state index in [0.29, 0.717) is 0 Å². The van der Waals surface area contributed by atoms with Gasteiger partial charge in [-0.3, -0.25) is 23.7 Å². The fraction of sp³-hybridized carbons (Fsp3) is 0.357. The first-order chi connectivity index (χ1) is 12.1. The van der Waals surface area contributed by atoms with Crippen LogP contribution in [0.1, 0.15) is 29.4 Å². The molecule has 1 N–H and O–H groups in total. The van der Waals surface area contributed by atoms with Gasteiger partial charge in [0.1, 0.15) is 18.6 Å². The minimum Gasteiger partial charge on any atom is -0.418 e. The van der Waals surface area contributed by atoms with Crippen molar-refractivity contribution in [3.63, 3.8) is 0 Å². The van der Waals surface area contributed by atoms with Crippen LogP contribution >= 0.6 is 27.3 Å². The summed E-state index contributed by atoms with van der Waals surface area (Å²) in [6.07, 6.45) is 1.31. The maximum Gasteiger partial charge on any atom is 0.438 e. The monoisotopic (exact) mass is 500 g/mol. The number of nitrogens with zero attached hydrogens (tertiary/aromatic N) is 1. The number of carbonyl (C=O) groups excluding carboxylic acids is 1. The van der Waals surface area contributed by atoms with E-state index in [1.54, 1.807) is 0 Å². The molecule has 1 fully saturated rings. The summed E-state index contributed by atoms with van der Waals surface area (Å²) in [5.41, 5.74) is -1.99. The quantitative estimate of drug-likeness (QED) is 0.192. The molecule has 0 bridgehead atoms. The van der Waals surface area contributed by atoms with Crippen LogP contribution in [0, 0.1) is 0 Å². The van der Waals surface area contributed by atoms with E-state index in [0.717, 1.165) is 10.8 Å². The molecule has 26 heavy (non-hydrogen) atoms. The highest BCUT2D eigenvalue weighted by Gasteiger charge is 2.44. The molecule has 2 rings (SSSR count). The number of halogens is 2. The van der Waals surface area contributed by atoms with Crippen LogP contribution in [-0.2, 0) is 18.3 Å². The number of carbonyl (C=O) groups is 1. The van der Waals surface area contributed by atoms with Crippen molar-refractivity contribution in [2.75, 3.05) is 6.61 Å². The lowest BCUT2D eigenvalue weighted by Gasteiger charge is -2.22. The molecule has 3 atom stereocenters. The van der Waals surface area contributed by atoms with E-state index in [1.165, 1.54) is 28.1 Å². The summed E-state index contributed by atoms with van der Waals surface area (Å²) in [5.74, 6) is -2.33. The number of H-pyrrole nitrogens is 1. The van der Waals surface area contributed by atoms with Crippen LogP contribution in [0.2, 0.25) is 0 Å². The maximum atomic E-state index is 14.8. The highest BCUT2D eigenvalue weighted by molar-refractivity contribution is 14.2. The summed E-state index contributed by atoms with van der Waals surface area (Å²) in [4.78, 5) is 36.0. The number of aromatic nitrogens is 2. The first-order valence-electron chi connectivity index (χ1n) is 7.22. The van der Waals surface area contributed by atoms with Gasteiger partial charge in [-0.25, -0.2) is 13.8 Å². The zero-order valence-corrected chi connectivity index (χ0v) is 16.4. The van der Waals surface area contributed by atoms with E-state index in [-0.39, 0.29) is 30.5 Å². The minimum atomic E-state index is -3.66. The number of nitrogens with one attached hydrogen (secondary N) is 1. The Hall–Kier alpha value is -1.56. The number of aldehydes is 1. The second-order valence-corrected chi connectivity index (χ2v) is 10.2. The highest BCUT2D eigenvalue weighted by Crippen LogP contribution is 2.59. The van der Waals surface area contributed by atoms with Gasteiger partial charge in [-0.05, 0) is 12.5 Å². The number of ether oxygens (including phenoxy) is 1. The van der Waals surface area contributed by atoms with Crippen LogP contribution in [0.4, 0.5) is 4.39 Å². The van der Waals surface area contributed by atoms with Gasteiger partial charge in [-0.1, -0.05) is 13.2 Å². The van der Waals surface area contributed by atoms with Crippen molar-refractivity contribution < 1.29 is 27.5 Å². The Labute approximate surface area is 159 Å². The largest absolute Gasteiger partial charge is 0.438 e. The first kappa shape index (κ1) is 20.7. The standard InChI is InChI=1S/C14H15FIN2O7P/c1-3-9(2)25-26(16,22)23-8-14(15)5-4-11(24-14)18-6-10(7-19)12(20)17-13(18)21/h3,6-7,11H,1-2,4-5,8H2,(H,17,20,21)/t11-,14+,26?/m1/s1. The maximum absolute atomic E-state index is 14.8. The van der Waals surface area contributed by atoms with Crippen molar-refractivity contribution in [3.8, 4) is 0 Å². The topological polar surface area (TPSA) is 117 Å². The molecule has 2 heterocycles. The molecule has 1 unspecified atom stereocenters. The lowest BCUT2D eigenvalue weighted by Crippen LogP contribution is -2.35. The highest BCUT2D eigenvalue weighted by atomic mass is 127. The average molecular weight is 500 g/mol. The van der Waals surface area contributed by atoms with Crippen LogP contribution in [0.15, 0.2) is 40.8 Å². The second-order valence-electron chi connectivity index (χ2n) is 5.33. The van der Waals surface area contributed by atoms with Gasteiger partial charge in [0.25, 0.3) is 5.56 Å². The van der Waals surface area contributed by atoms with Crippen molar-refractivity contribution in [2.45, 2.75) is 24.9 Å². The summed E-state index contributed by atoms with van der Waals surface area (Å²) in [7, 11) is 0. The van der Waals surface area contributed by atoms with Crippen molar-refractivity contribution in [2.24, 2.45) is 0 Å². The molecule has 0 aliphatic carbocycles. The molecule has 142 valence electrons. The molecule has 1 aromatic heterocycles. The van der Waals surface area contributed by atoms with Crippen molar-refractivity contribution in [3.05, 3.63) is 57.6 Å².